The number of nitrogens with one attached hydrogen (secondary N) is 2. The summed E-state index contributed by atoms with van der Waals surface area (Å²) in [6.45, 7) is 2.62. The molecule has 0 aliphatic heterocycles. The Morgan fingerprint density at radius 2 is 2.12 bits per heavy atom. The van der Waals surface area contributed by atoms with E-state index >= 15 is 0 Å². The maximum Gasteiger partial charge on any atom is 0.255 e. The highest BCUT2D eigenvalue weighted by Crippen LogP contribution is 2.32. The van der Waals surface area contributed by atoms with Gasteiger partial charge in [0.25, 0.3) is 5.91 Å². The number of hydrogen-bond donors (Lipinski definition) is 2. The van der Waals surface area contributed by atoms with E-state index in [1.54, 1.807) is 32.7 Å². The largest absolute Gasteiger partial charge is 0.497 e. The van der Waals surface area contributed by atoms with Crippen molar-refractivity contribution in [1.82, 2.24) is 20.3 Å². The van der Waals surface area contributed by atoms with Gasteiger partial charge in [-0.1, -0.05) is 6.92 Å². The normalized spacial score (nSPS) is 10.7. The van der Waals surface area contributed by atoms with E-state index in [-0.39, 0.29) is 5.91 Å². The predicted octanol–water partition coefficient (Wildman–Crippen LogP) is 2.78. The van der Waals surface area contributed by atoms with Crippen LogP contribution in [0, 0.1) is 0 Å². The molecule has 0 saturated heterocycles. The number of benzene rings is 1. The summed E-state index contributed by atoms with van der Waals surface area (Å²) in [5.41, 5.74) is 2.97. The second-order valence-corrected chi connectivity index (χ2v) is 5.48. The average molecular weight is 340 g/mol. The van der Waals surface area contributed by atoms with Crippen LogP contribution in [0.2, 0.25) is 0 Å². The molecular weight excluding hydrogens is 320 g/mol. The van der Waals surface area contributed by atoms with Crippen molar-refractivity contribution in [2.24, 2.45) is 0 Å². The van der Waals surface area contributed by atoms with Gasteiger partial charge >= 0.3 is 0 Å². The molecule has 0 aliphatic rings. The topological polar surface area (TPSA) is 89.1 Å². The third-order valence-corrected chi connectivity index (χ3v) is 3.85. The fourth-order valence-electron chi connectivity index (χ4n) is 2.54. The number of ether oxygens (including phenoxy) is 2. The number of carbonyl (C=O) groups is 1. The number of rotatable bonds is 6. The number of H-pyrrole nitrogens is 1. The van der Waals surface area contributed by atoms with E-state index in [4.69, 9.17) is 9.47 Å². The third-order valence-electron chi connectivity index (χ3n) is 3.85. The molecule has 0 aliphatic carbocycles. The summed E-state index contributed by atoms with van der Waals surface area (Å²) in [4.78, 5) is 24.3. The third kappa shape index (κ3) is 3.26. The molecule has 7 nitrogen and oxygen atoms in total. The predicted molar refractivity (Wildman–Crippen MR) is 95.1 cm³/mol. The van der Waals surface area contributed by atoms with Gasteiger partial charge in [0, 0.05) is 24.4 Å². The van der Waals surface area contributed by atoms with Crippen LogP contribution in [0.3, 0.4) is 0 Å². The summed E-state index contributed by atoms with van der Waals surface area (Å²) in [6.07, 6.45) is 4.15. The van der Waals surface area contributed by atoms with Gasteiger partial charge in [-0.05, 0) is 18.6 Å². The molecule has 1 aromatic carbocycles. The minimum atomic E-state index is -0.166. The summed E-state index contributed by atoms with van der Waals surface area (Å²) in [5.74, 6) is 1.15. The molecule has 25 heavy (non-hydrogen) atoms. The van der Waals surface area contributed by atoms with Crippen LogP contribution in [0.15, 0.2) is 30.6 Å². The van der Waals surface area contributed by atoms with Crippen LogP contribution in [0.1, 0.15) is 23.7 Å². The van der Waals surface area contributed by atoms with E-state index in [0.717, 1.165) is 12.0 Å². The molecule has 0 unspecified atom stereocenters. The van der Waals surface area contributed by atoms with E-state index in [2.05, 4.69) is 20.3 Å². The van der Waals surface area contributed by atoms with Gasteiger partial charge in [-0.15, -0.1) is 0 Å². The first-order chi connectivity index (χ1) is 12.2. The highest BCUT2D eigenvalue weighted by Gasteiger charge is 2.16. The van der Waals surface area contributed by atoms with Crippen LogP contribution in [0.4, 0.5) is 0 Å². The number of methoxy groups -OCH3 is 2. The second-order valence-electron chi connectivity index (χ2n) is 5.48. The van der Waals surface area contributed by atoms with E-state index in [0.29, 0.717) is 40.5 Å². The van der Waals surface area contributed by atoms with E-state index in [9.17, 15) is 4.79 Å². The highest BCUT2D eigenvalue weighted by molar-refractivity contribution is 6.04. The molecular formula is C18H20N4O3. The van der Waals surface area contributed by atoms with Crippen molar-refractivity contribution >= 4 is 17.1 Å². The smallest absolute Gasteiger partial charge is 0.255 e. The van der Waals surface area contributed by atoms with Crippen molar-refractivity contribution in [2.75, 3.05) is 20.8 Å². The number of fused-ring (bicyclic) bond motifs is 1. The SMILES string of the molecule is CCCNC(=O)c1c[nH]c2ncc(-c3ccc(OC)cc3OC)nc12. The molecule has 1 amide bonds. The van der Waals surface area contributed by atoms with Gasteiger partial charge in [-0.3, -0.25) is 4.79 Å². The lowest BCUT2D eigenvalue weighted by Gasteiger charge is -2.10. The van der Waals surface area contributed by atoms with Crippen molar-refractivity contribution in [1.29, 1.82) is 0 Å². The van der Waals surface area contributed by atoms with Gasteiger partial charge < -0.3 is 19.8 Å². The lowest BCUT2D eigenvalue weighted by atomic mass is 10.1. The fraction of sp³-hybridized carbons (Fsp3) is 0.278. The lowest BCUT2D eigenvalue weighted by Crippen LogP contribution is -2.23. The molecule has 0 saturated carbocycles. The van der Waals surface area contributed by atoms with Gasteiger partial charge in [-0.25, -0.2) is 9.97 Å². The Kier molecular flexibility index (Phi) is 4.83. The summed E-state index contributed by atoms with van der Waals surface area (Å²) in [5, 5.41) is 2.86. The molecule has 0 spiro atoms. The number of nitrogens with zero attached hydrogens (tertiary/aromatic N) is 2. The molecule has 0 atom stereocenters. The Morgan fingerprint density at radius 3 is 2.84 bits per heavy atom. The Morgan fingerprint density at radius 1 is 1.28 bits per heavy atom. The average Bonchev–Trinajstić information content (AvgIpc) is 3.08. The Balaban J connectivity index is 2.05. The van der Waals surface area contributed by atoms with Crippen LogP contribution in [-0.4, -0.2) is 41.6 Å². The molecule has 2 aromatic heterocycles. The van der Waals surface area contributed by atoms with E-state index < -0.39 is 0 Å². The number of aromatic nitrogens is 3. The van der Waals surface area contributed by atoms with Crippen molar-refractivity contribution < 1.29 is 14.3 Å². The fourth-order valence-corrected chi connectivity index (χ4v) is 2.54. The summed E-state index contributed by atoms with van der Waals surface area (Å²) < 4.78 is 10.7. The number of carbonyl (C=O) groups excluding carboxylic acids is 1. The standard InChI is InChI=1S/C18H20N4O3/c1-4-7-19-18(23)13-9-20-17-16(13)22-14(10-21-17)12-6-5-11(24-2)8-15(12)25-3/h5-6,8-10H,4,7H2,1-3H3,(H,19,23)(H,20,21). The molecule has 0 fully saturated rings. The zero-order valence-electron chi connectivity index (χ0n) is 14.4. The van der Waals surface area contributed by atoms with Crippen molar-refractivity contribution in [3.63, 3.8) is 0 Å². The first-order valence-electron chi connectivity index (χ1n) is 8.02. The first kappa shape index (κ1) is 16.8. The highest BCUT2D eigenvalue weighted by atomic mass is 16.5. The van der Waals surface area contributed by atoms with Gasteiger partial charge in [0.05, 0.1) is 31.7 Å². The molecule has 2 N–H and O–H groups in total. The van der Waals surface area contributed by atoms with Crippen LogP contribution < -0.4 is 14.8 Å². The zero-order valence-corrected chi connectivity index (χ0v) is 14.4. The molecule has 2 heterocycles. The Hall–Kier alpha value is -3.09. The molecule has 7 heteroatoms. The Bertz CT molecular complexity index is 904. The lowest BCUT2D eigenvalue weighted by molar-refractivity contribution is 0.0955. The van der Waals surface area contributed by atoms with Crippen LogP contribution >= 0.6 is 0 Å². The van der Waals surface area contributed by atoms with Crippen molar-refractivity contribution in [3.8, 4) is 22.8 Å². The number of hydrogen-bond acceptors (Lipinski definition) is 5. The monoisotopic (exact) mass is 340 g/mol. The summed E-state index contributed by atoms with van der Waals surface area (Å²) >= 11 is 0. The summed E-state index contributed by atoms with van der Waals surface area (Å²) in [6, 6.07) is 5.47. The maximum atomic E-state index is 12.3. The number of aromatic amines is 1. The van der Waals surface area contributed by atoms with Crippen LogP contribution in [0.25, 0.3) is 22.4 Å². The number of amides is 1. The molecule has 3 rings (SSSR count). The quantitative estimate of drug-likeness (QED) is 0.720. The Labute approximate surface area is 145 Å². The summed E-state index contributed by atoms with van der Waals surface area (Å²) in [7, 11) is 3.19. The van der Waals surface area contributed by atoms with E-state index in [1.165, 1.54) is 0 Å². The van der Waals surface area contributed by atoms with Crippen molar-refractivity contribution in [3.05, 3.63) is 36.2 Å². The van der Waals surface area contributed by atoms with Gasteiger partial charge in [0.1, 0.15) is 17.0 Å². The van der Waals surface area contributed by atoms with Gasteiger partial charge in [0.2, 0.25) is 0 Å². The molecule has 0 bridgehead atoms. The zero-order chi connectivity index (χ0) is 17.8. The molecule has 0 radical (unpaired) electrons. The van der Waals surface area contributed by atoms with Crippen molar-refractivity contribution in [2.45, 2.75) is 13.3 Å². The minimum Gasteiger partial charge on any atom is -0.497 e. The van der Waals surface area contributed by atoms with Crippen LogP contribution in [0.5, 0.6) is 11.5 Å². The second kappa shape index (κ2) is 7.21. The minimum absolute atomic E-state index is 0.166. The molecule has 130 valence electrons. The van der Waals surface area contributed by atoms with E-state index in [1.807, 2.05) is 19.1 Å². The first-order valence-corrected chi connectivity index (χ1v) is 8.02. The molecule has 3 aromatic rings. The van der Waals surface area contributed by atoms with Gasteiger partial charge in [-0.2, -0.15) is 0 Å². The van der Waals surface area contributed by atoms with Crippen LogP contribution in [-0.2, 0) is 0 Å². The van der Waals surface area contributed by atoms with Gasteiger partial charge in [0.15, 0.2) is 5.65 Å². The maximum absolute atomic E-state index is 12.3.